The van der Waals surface area contributed by atoms with E-state index in [0.29, 0.717) is 14.7 Å². The number of benzene rings is 2. The molecular formula is C17H13N5OS2. The van der Waals surface area contributed by atoms with E-state index in [1.54, 1.807) is 4.52 Å². The molecule has 6 nitrogen and oxygen atoms in total. The van der Waals surface area contributed by atoms with Gasteiger partial charge < -0.3 is 4.84 Å². The van der Waals surface area contributed by atoms with Gasteiger partial charge in [-0.1, -0.05) is 77.2 Å². The van der Waals surface area contributed by atoms with E-state index in [-0.39, 0.29) is 6.61 Å². The fraction of sp³-hybridized carbons (Fsp3) is 0.0588. The maximum Gasteiger partial charge on any atom is 0.233 e. The summed E-state index contributed by atoms with van der Waals surface area (Å²) in [5.41, 5.74) is 2.73. The van der Waals surface area contributed by atoms with Crippen LogP contribution in [0.2, 0.25) is 0 Å². The van der Waals surface area contributed by atoms with Crippen molar-refractivity contribution in [2.45, 2.75) is 6.61 Å². The summed E-state index contributed by atoms with van der Waals surface area (Å²) in [4.78, 5) is 6.29. The molecule has 8 heteroatoms. The summed E-state index contributed by atoms with van der Waals surface area (Å²) in [7, 11) is 0. The van der Waals surface area contributed by atoms with E-state index in [1.165, 1.54) is 11.3 Å². The third kappa shape index (κ3) is 3.35. The van der Waals surface area contributed by atoms with E-state index in [2.05, 4.69) is 20.5 Å². The first-order valence-corrected chi connectivity index (χ1v) is 8.77. The second kappa shape index (κ2) is 6.96. The Bertz CT molecular complexity index is 1030. The van der Waals surface area contributed by atoms with Gasteiger partial charge in [0.25, 0.3) is 0 Å². The van der Waals surface area contributed by atoms with Crippen LogP contribution in [0.4, 0.5) is 0 Å². The summed E-state index contributed by atoms with van der Waals surface area (Å²) in [5.74, 6) is 0.617. The van der Waals surface area contributed by atoms with Crippen LogP contribution in [0, 0.1) is 3.95 Å². The van der Waals surface area contributed by atoms with Crippen LogP contribution in [-0.2, 0) is 11.4 Å². The highest BCUT2D eigenvalue weighted by molar-refractivity contribution is 7.73. The van der Waals surface area contributed by atoms with Gasteiger partial charge >= 0.3 is 0 Å². The molecule has 2 aromatic carbocycles. The number of nitrogens with one attached hydrogen (secondary N) is 1. The molecular weight excluding hydrogens is 354 g/mol. The topological polar surface area (TPSA) is 67.6 Å². The van der Waals surface area contributed by atoms with E-state index in [9.17, 15) is 0 Å². The Labute approximate surface area is 152 Å². The van der Waals surface area contributed by atoms with Gasteiger partial charge in [0.05, 0.1) is 0 Å². The molecule has 25 heavy (non-hydrogen) atoms. The number of hydrogen-bond donors (Lipinski definition) is 1. The Morgan fingerprint density at radius 1 is 1.04 bits per heavy atom. The molecule has 0 spiro atoms. The number of aromatic amines is 1. The molecule has 0 fully saturated rings. The maximum absolute atomic E-state index is 5.58. The lowest BCUT2D eigenvalue weighted by Crippen LogP contribution is -2.05. The summed E-state index contributed by atoms with van der Waals surface area (Å²) in [6.45, 7) is 0.187. The van der Waals surface area contributed by atoms with Gasteiger partial charge in [-0.05, 0) is 12.2 Å². The third-order valence-corrected chi connectivity index (χ3v) is 4.60. The van der Waals surface area contributed by atoms with E-state index < -0.39 is 0 Å². The Hall–Kier alpha value is -2.84. The number of fused-ring (bicyclic) bond motifs is 1. The zero-order valence-corrected chi connectivity index (χ0v) is 14.6. The summed E-state index contributed by atoms with van der Waals surface area (Å²) >= 11 is 6.48. The number of nitrogens with zero attached hydrogens (tertiary/aromatic N) is 4. The second-order valence-electron chi connectivity index (χ2n) is 5.18. The first-order valence-electron chi connectivity index (χ1n) is 7.55. The van der Waals surface area contributed by atoms with Crippen LogP contribution in [0.15, 0.2) is 65.8 Å². The van der Waals surface area contributed by atoms with Crippen LogP contribution in [-0.4, -0.2) is 25.5 Å². The van der Waals surface area contributed by atoms with Crippen molar-refractivity contribution in [3.8, 4) is 0 Å². The van der Waals surface area contributed by atoms with E-state index in [0.717, 1.165) is 16.8 Å². The van der Waals surface area contributed by atoms with Gasteiger partial charge in [-0.15, -0.1) is 10.2 Å². The molecule has 2 aromatic heterocycles. The fourth-order valence-electron chi connectivity index (χ4n) is 2.39. The molecule has 4 rings (SSSR count). The Kier molecular flexibility index (Phi) is 4.36. The Morgan fingerprint density at radius 3 is 2.32 bits per heavy atom. The van der Waals surface area contributed by atoms with E-state index in [1.807, 2.05) is 60.7 Å². The van der Waals surface area contributed by atoms with Gasteiger partial charge in [-0.3, -0.25) is 5.10 Å². The minimum absolute atomic E-state index is 0.187. The maximum atomic E-state index is 5.58. The number of oxime groups is 1. The van der Waals surface area contributed by atoms with Crippen molar-refractivity contribution in [2.24, 2.45) is 5.16 Å². The molecule has 4 aromatic rings. The molecule has 0 radical (unpaired) electrons. The predicted molar refractivity (Wildman–Crippen MR) is 99.4 cm³/mol. The van der Waals surface area contributed by atoms with E-state index in [4.69, 9.17) is 17.1 Å². The number of rotatable bonds is 5. The van der Waals surface area contributed by atoms with Gasteiger partial charge in [0.2, 0.25) is 4.96 Å². The standard InChI is InChI=1S/C17H13N5OS2/c24-17-20-22-14(18-19-16(22)25-17)11-23-21-15(12-7-3-1-4-8-12)13-9-5-2-6-10-13/h1-10H,11H2,(H,20,24). The van der Waals surface area contributed by atoms with Gasteiger partial charge in [-0.25, -0.2) is 4.52 Å². The van der Waals surface area contributed by atoms with Crippen LogP contribution in [0.3, 0.4) is 0 Å². The highest BCUT2D eigenvalue weighted by atomic mass is 32.1. The minimum atomic E-state index is 0.187. The molecule has 0 bridgehead atoms. The molecule has 0 aliphatic rings. The zero-order valence-electron chi connectivity index (χ0n) is 13.0. The van der Waals surface area contributed by atoms with Crippen LogP contribution in [0.1, 0.15) is 17.0 Å². The third-order valence-electron chi connectivity index (χ3n) is 3.53. The average Bonchev–Trinajstić information content (AvgIpc) is 3.20. The molecule has 0 atom stereocenters. The minimum Gasteiger partial charge on any atom is -0.387 e. The van der Waals surface area contributed by atoms with Crippen molar-refractivity contribution in [3.05, 3.63) is 81.6 Å². The zero-order chi connectivity index (χ0) is 17.1. The van der Waals surface area contributed by atoms with Crippen LogP contribution in [0.25, 0.3) is 4.96 Å². The number of aromatic nitrogens is 4. The largest absolute Gasteiger partial charge is 0.387 e. The highest BCUT2D eigenvalue weighted by Gasteiger charge is 2.10. The van der Waals surface area contributed by atoms with Crippen LogP contribution >= 0.6 is 23.6 Å². The number of hydrogen-bond acceptors (Lipinski definition) is 6. The monoisotopic (exact) mass is 367 g/mol. The van der Waals surface area contributed by atoms with Gasteiger partial charge in [-0.2, -0.15) is 0 Å². The Balaban J connectivity index is 1.62. The lowest BCUT2D eigenvalue weighted by molar-refractivity contribution is 0.123. The van der Waals surface area contributed by atoms with Gasteiger partial charge in [0.15, 0.2) is 16.4 Å². The van der Waals surface area contributed by atoms with Crippen molar-refractivity contribution in [1.82, 2.24) is 19.8 Å². The lowest BCUT2D eigenvalue weighted by Gasteiger charge is -2.07. The van der Waals surface area contributed by atoms with Crippen molar-refractivity contribution in [3.63, 3.8) is 0 Å². The van der Waals surface area contributed by atoms with Crippen molar-refractivity contribution >= 4 is 34.2 Å². The first-order chi connectivity index (χ1) is 12.3. The smallest absolute Gasteiger partial charge is 0.233 e. The normalized spacial score (nSPS) is 10.7. The van der Waals surface area contributed by atoms with Crippen molar-refractivity contribution in [2.75, 3.05) is 0 Å². The molecule has 1 N–H and O–H groups in total. The van der Waals surface area contributed by atoms with Crippen molar-refractivity contribution < 1.29 is 4.84 Å². The molecule has 0 unspecified atom stereocenters. The number of H-pyrrole nitrogens is 1. The highest BCUT2D eigenvalue weighted by Crippen LogP contribution is 2.13. The Morgan fingerprint density at radius 2 is 1.68 bits per heavy atom. The molecule has 0 aliphatic heterocycles. The molecule has 2 heterocycles. The van der Waals surface area contributed by atoms with Gasteiger partial charge in [0.1, 0.15) is 5.71 Å². The second-order valence-corrected chi connectivity index (χ2v) is 6.83. The van der Waals surface area contributed by atoms with Crippen LogP contribution in [0.5, 0.6) is 0 Å². The summed E-state index contributed by atoms with van der Waals surface area (Å²) in [6, 6.07) is 19.8. The fourth-order valence-corrected chi connectivity index (χ4v) is 3.33. The molecule has 0 saturated heterocycles. The quantitative estimate of drug-likeness (QED) is 0.331. The first kappa shape index (κ1) is 15.7. The summed E-state index contributed by atoms with van der Waals surface area (Å²) in [5, 5.41) is 15.5. The SMILES string of the molecule is S=c1[nH]n2c(CON=C(c3ccccc3)c3ccccc3)nnc2s1. The predicted octanol–water partition coefficient (Wildman–Crippen LogP) is 3.82. The van der Waals surface area contributed by atoms with Crippen molar-refractivity contribution in [1.29, 1.82) is 0 Å². The summed E-state index contributed by atoms with van der Waals surface area (Å²) in [6.07, 6.45) is 0. The molecule has 0 saturated carbocycles. The molecule has 124 valence electrons. The van der Waals surface area contributed by atoms with Crippen LogP contribution < -0.4 is 0 Å². The van der Waals surface area contributed by atoms with Gasteiger partial charge in [0, 0.05) is 11.1 Å². The molecule has 0 amide bonds. The lowest BCUT2D eigenvalue weighted by atomic mass is 10.0. The van der Waals surface area contributed by atoms with E-state index >= 15 is 0 Å². The average molecular weight is 367 g/mol. The summed E-state index contributed by atoms with van der Waals surface area (Å²) < 4.78 is 2.36. The molecule has 0 aliphatic carbocycles.